The summed E-state index contributed by atoms with van der Waals surface area (Å²) in [4.78, 5) is 2.38. The zero-order valence-corrected chi connectivity index (χ0v) is 36.7. The van der Waals surface area contributed by atoms with Crippen molar-refractivity contribution in [2.24, 2.45) is 0 Å². The van der Waals surface area contributed by atoms with Crippen LogP contribution in [0.15, 0.2) is 261 Å². The van der Waals surface area contributed by atoms with Gasteiger partial charge < -0.3 is 14.0 Å². The molecule has 2 heterocycles. The topological polar surface area (TPSA) is 13.1 Å². The summed E-state index contributed by atoms with van der Waals surface area (Å²) in [5.41, 5.74) is 17.5. The predicted octanol–water partition coefficient (Wildman–Crippen LogP) is 17.5. The lowest BCUT2D eigenvalue weighted by Gasteiger charge is -2.26. The van der Waals surface area contributed by atoms with E-state index in [1.165, 1.54) is 76.6 Å². The van der Waals surface area contributed by atoms with Gasteiger partial charge in [-0.05, 0) is 124 Å². The molecule has 0 spiro atoms. The van der Waals surface area contributed by atoms with Gasteiger partial charge in [-0.25, -0.2) is 0 Å². The summed E-state index contributed by atoms with van der Waals surface area (Å²) in [6.07, 6.45) is 0. The maximum Gasteiger partial charge on any atom is 0.0541 e. The fourth-order valence-corrected chi connectivity index (χ4v) is 10.3. The minimum atomic E-state index is 1.08. The van der Waals surface area contributed by atoms with Gasteiger partial charge in [0.15, 0.2) is 0 Å². The first-order valence-electron chi connectivity index (χ1n) is 23.0. The summed E-state index contributed by atoms with van der Waals surface area (Å²) in [5, 5.41) is 7.44. The van der Waals surface area contributed by atoms with Crippen LogP contribution in [-0.2, 0) is 0 Å². The van der Waals surface area contributed by atoms with Gasteiger partial charge in [-0.2, -0.15) is 0 Å². The second-order valence-electron chi connectivity index (χ2n) is 17.3. The normalized spacial score (nSPS) is 11.6. The molecule has 0 saturated carbocycles. The summed E-state index contributed by atoms with van der Waals surface area (Å²) in [7, 11) is 0. The van der Waals surface area contributed by atoms with Crippen molar-refractivity contribution in [3.8, 4) is 44.8 Å². The number of anilines is 3. The molecule has 0 bridgehead atoms. The molecule has 0 saturated heterocycles. The summed E-state index contributed by atoms with van der Waals surface area (Å²) >= 11 is 0. The Balaban J connectivity index is 0.902. The van der Waals surface area contributed by atoms with Crippen LogP contribution in [0.3, 0.4) is 0 Å². The second-order valence-corrected chi connectivity index (χ2v) is 17.3. The summed E-state index contributed by atoms with van der Waals surface area (Å²) < 4.78 is 4.80. The SMILES string of the molecule is c1ccc(-c2ccc3cc(N(c4ccc(-c5cccc(-n6c7ccccc7c7ccccc76)c5)cc4)c4ccc(-c5ccccc5-n5c6ccccc6c6ccccc65)cc4)ccc3c2)cc1. The van der Waals surface area contributed by atoms with E-state index in [0.717, 1.165) is 39.6 Å². The summed E-state index contributed by atoms with van der Waals surface area (Å²) in [5.74, 6) is 0. The standard InChI is InChI=1S/C64H43N3/c1-2-15-44(16-3-1)48-29-30-50-43-54(40-35-49(50)41-48)65(51-36-31-45(32-37-51)47-17-14-18-53(42-47)66-61-25-10-5-20-56(61)57-21-6-11-26-62(57)66)52-38-33-46(34-39-52)55-19-4-9-24-60(55)67-63-27-12-7-22-58(63)59-23-8-13-28-64(59)67/h1-43H. The fourth-order valence-electron chi connectivity index (χ4n) is 10.3. The van der Waals surface area contributed by atoms with Gasteiger partial charge in [0.1, 0.15) is 0 Å². The monoisotopic (exact) mass is 853 g/mol. The molecule has 314 valence electrons. The van der Waals surface area contributed by atoms with E-state index in [1.54, 1.807) is 0 Å². The third-order valence-corrected chi connectivity index (χ3v) is 13.5. The van der Waals surface area contributed by atoms with Gasteiger partial charge in [-0.3, -0.25) is 0 Å². The lowest BCUT2D eigenvalue weighted by Crippen LogP contribution is -2.10. The zero-order chi connectivity index (χ0) is 44.3. The molecule has 0 atom stereocenters. The van der Waals surface area contributed by atoms with E-state index in [2.05, 4.69) is 275 Å². The Morgan fingerprint density at radius 1 is 0.254 bits per heavy atom. The maximum atomic E-state index is 2.42. The van der Waals surface area contributed by atoms with Crippen LogP contribution in [0.2, 0.25) is 0 Å². The number of hydrogen-bond acceptors (Lipinski definition) is 1. The average Bonchev–Trinajstić information content (AvgIpc) is 3.92. The van der Waals surface area contributed by atoms with Crippen molar-refractivity contribution >= 4 is 71.4 Å². The van der Waals surface area contributed by atoms with Gasteiger partial charge in [0.05, 0.1) is 27.8 Å². The molecular formula is C64H43N3. The first-order chi connectivity index (χ1) is 33.2. The summed E-state index contributed by atoms with van der Waals surface area (Å²) in [6.45, 7) is 0. The molecule has 13 rings (SSSR count). The van der Waals surface area contributed by atoms with Crippen molar-refractivity contribution in [3.05, 3.63) is 261 Å². The number of fused-ring (bicyclic) bond motifs is 7. The molecule has 0 amide bonds. The Morgan fingerprint density at radius 3 is 1.31 bits per heavy atom. The molecule has 0 aliphatic heterocycles. The highest BCUT2D eigenvalue weighted by Gasteiger charge is 2.18. The van der Waals surface area contributed by atoms with Crippen molar-refractivity contribution in [1.29, 1.82) is 0 Å². The number of benzene rings is 11. The predicted molar refractivity (Wildman–Crippen MR) is 284 cm³/mol. The molecule has 0 aliphatic rings. The van der Waals surface area contributed by atoms with Gasteiger partial charge in [0.25, 0.3) is 0 Å². The first kappa shape index (κ1) is 38.5. The number of para-hydroxylation sites is 5. The minimum absolute atomic E-state index is 1.08. The highest BCUT2D eigenvalue weighted by molar-refractivity contribution is 6.10. The number of nitrogens with zero attached hydrogens (tertiary/aromatic N) is 3. The molecule has 0 N–H and O–H groups in total. The van der Waals surface area contributed by atoms with E-state index in [-0.39, 0.29) is 0 Å². The van der Waals surface area contributed by atoms with Crippen molar-refractivity contribution < 1.29 is 0 Å². The van der Waals surface area contributed by atoms with E-state index in [1.807, 2.05) is 0 Å². The number of aromatic nitrogens is 2. The first-order valence-corrected chi connectivity index (χ1v) is 23.0. The van der Waals surface area contributed by atoms with Crippen molar-refractivity contribution in [2.45, 2.75) is 0 Å². The maximum absolute atomic E-state index is 2.42. The Kier molecular flexibility index (Phi) is 9.17. The van der Waals surface area contributed by atoms with E-state index < -0.39 is 0 Å². The zero-order valence-electron chi connectivity index (χ0n) is 36.7. The van der Waals surface area contributed by atoms with Crippen LogP contribution in [0.5, 0.6) is 0 Å². The highest BCUT2D eigenvalue weighted by atomic mass is 15.1. The molecule has 0 aliphatic carbocycles. The van der Waals surface area contributed by atoms with Crippen molar-refractivity contribution in [2.75, 3.05) is 4.90 Å². The lowest BCUT2D eigenvalue weighted by atomic mass is 10.00. The molecule has 3 heteroatoms. The second kappa shape index (κ2) is 16.0. The average molecular weight is 854 g/mol. The Labute approximate surface area is 389 Å². The lowest BCUT2D eigenvalue weighted by molar-refractivity contribution is 1.18. The van der Waals surface area contributed by atoms with Crippen molar-refractivity contribution in [1.82, 2.24) is 9.13 Å². The smallest absolute Gasteiger partial charge is 0.0541 e. The van der Waals surface area contributed by atoms with Crippen LogP contribution in [0.4, 0.5) is 17.1 Å². The molecule has 0 radical (unpaired) electrons. The van der Waals surface area contributed by atoms with Gasteiger partial charge in [-0.1, -0.05) is 176 Å². The van der Waals surface area contributed by atoms with Gasteiger partial charge in [-0.15, -0.1) is 0 Å². The van der Waals surface area contributed by atoms with Crippen LogP contribution >= 0.6 is 0 Å². The Hall–Kier alpha value is -8.92. The van der Waals surface area contributed by atoms with Crippen LogP contribution < -0.4 is 4.90 Å². The molecule has 67 heavy (non-hydrogen) atoms. The van der Waals surface area contributed by atoms with Gasteiger partial charge in [0.2, 0.25) is 0 Å². The van der Waals surface area contributed by atoms with Gasteiger partial charge >= 0.3 is 0 Å². The molecule has 0 unspecified atom stereocenters. The quantitative estimate of drug-likeness (QED) is 0.148. The van der Waals surface area contributed by atoms with Crippen LogP contribution in [0.1, 0.15) is 0 Å². The number of rotatable bonds is 8. The van der Waals surface area contributed by atoms with E-state index in [4.69, 9.17) is 0 Å². The van der Waals surface area contributed by atoms with Gasteiger partial charge in [0, 0.05) is 49.9 Å². The van der Waals surface area contributed by atoms with Crippen LogP contribution in [0, 0.1) is 0 Å². The third-order valence-electron chi connectivity index (χ3n) is 13.5. The molecule has 0 fully saturated rings. The molecule has 2 aromatic heterocycles. The van der Waals surface area contributed by atoms with Crippen LogP contribution in [-0.4, -0.2) is 9.13 Å². The van der Waals surface area contributed by atoms with Crippen molar-refractivity contribution in [3.63, 3.8) is 0 Å². The van der Waals surface area contributed by atoms with Crippen LogP contribution in [0.25, 0.3) is 99.1 Å². The highest BCUT2D eigenvalue weighted by Crippen LogP contribution is 2.41. The van der Waals surface area contributed by atoms with E-state index >= 15 is 0 Å². The number of hydrogen-bond donors (Lipinski definition) is 0. The largest absolute Gasteiger partial charge is 0.310 e. The van der Waals surface area contributed by atoms with E-state index in [0.29, 0.717) is 0 Å². The summed E-state index contributed by atoms with van der Waals surface area (Å²) in [6, 6.07) is 94.9. The van der Waals surface area contributed by atoms with E-state index in [9.17, 15) is 0 Å². The Morgan fingerprint density at radius 2 is 0.687 bits per heavy atom. The molecule has 13 aromatic rings. The minimum Gasteiger partial charge on any atom is -0.310 e. The molecule has 3 nitrogen and oxygen atoms in total. The third kappa shape index (κ3) is 6.59. The molecule has 11 aromatic carbocycles. The fraction of sp³-hybridized carbons (Fsp3) is 0. The Bertz CT molecular complexity index is 3860. The molecular weight excluding hydrogens is 811 g/mol.